The van der Waals surface area contributed by atoms with Crippen molar-refractivity contribution in [2.75, 3.05) is 26.4 Å². The molecule has 21 heavy (non-hydrogen) atoms. The molecular weight excluding hydrogens is 276 g/mol. The van der Waals surface area contributed by atoms with Crippen LogP contribution in [0.4, 0.5) is 0 Å². The number of epoxide rings is 1. The fraction of sp³-hybridized carbons (Fsp3) is 0.867. The van der Waals surface area contributed by atoms with Crippen LogP contribution in [0.2, 0.25) is 0 Å². The quantitative estimate of drug-likeness (QED) is 0.510. The number of hydrogen-bond acceptors (Lipinski definition) is 6. The fourth-order valence-corrected chi connectivity index (χ4v) is 2.23. The Morgan fingerprint density at radius 1 is 1.24 bits per heavy atom. The Balaban J connectivity index is 2.62. The standard InChI is InChI=1S/C15H26O6/c1-5-15(4,13(18)19-7-6-16)10-14(2,3)12(17)21-9-11-8-20-11/h11,16H,5-10H2,1-4H3. The molecule has 1 fully saturated rings. The molecule has 0 amide bonds. The van der Waals surface area contributed by atoms with Gasteiger partial charge in [-0.3, -0.25) is 9.59 Å². The lowest BCUT2D eigenvalue weighted by Gasteiger charge is -2.33. The molecule has 2 unspecified atom stereocenters. The van der Waals surface area contributed by atoms with E-state index in [0.29, 0.717) is 19.4 Å². The molecule has 0 radical (unpaired) electrons. The van der Waals surface area contributed by atoms with Crippen LogP contribution in [0.1, 0.15) is 40.5 Å². The van der Waals surface area contributed by atoms with Gasteiger partial charge >= 0.3 is 11.9 Å². The zero-order valence-electron chi connectivity index (χ0n) is 13.3. The maximum Gasteiger partial charge on any atom is 0.311 e. The molecule has 1 aliphatic rings. The minimum Gasteiger partial charge on any atom is -0.463 e. The minimum absolute atomic E-state index is 0.0248. The summed E-state index contributed by atoms with van der Waals surface area (Å²) in [6.45, 7) is 7.82. The first-order valence-electron chi connectivity index (χ1n) is 7.32. The highest BCUT2D eigenvalue weighted by atomic mass is 16.6. The normalized spacial score (nSPS) is 20.5. The van der Waals surface area contributed by atoms with Crippen LogP contribution in [0.15, 0.2) is 0 Å². The lowest BCUT2D eigenvalue weighted by atomic mass is 9.72. The number of aliphatic hydroxyl groups is 1. The second-order valence-corrected chi connectivity index (χ2v) is 6.39. The van der Waals surface area contributed by atoms with E-state index in [1.165, 1.54) is 0 Å². The first kappa shape index (κ1) is 17.9. The summed E-state index contributed by atoms with van der Waals surface area (Å²) in [4.78, 5) is 24.3. The number of hydrogen-bond donors (Lipinski definition) is 1. The summed E-state index contributed by atoms with van der Waals surface area (Å²) in [5, 5.41) is 8.74. The summed E-state index contributed by atoms with van der Waals surface area (Å²) in [6.07, 6.45) is 0.891. The lowest BCUT2D eigenvalue weighted by Crippen LogP contribution is -2.39. The van der Waals surface area contributed by atoms with Gasteiger partial charge in [0.15, 0.2) is 0 Å². The second kappa shape index (κ2) is 7.22. The molecular formula is C15H26O6. The van der Waals surface area contributed by atoms with Gasteiger partial charge in [0.05, 0.1) is 24.0 Å². The first-order chi connectivity index (χ1) is 9.75. The van der Waals surface area contributed by atoms with Crippen molar-refractivity contribution in [1.82, 2.24) is 0 Å². The number of esters is 2. The predicted octanol–water partition coefficient (Wildman–Crippen LogP) is 1.30. The van der Waals surface area contributed by atoms with Crippen LogP contribution in [0.5, 0.6) is 0 Å². The van der Waals surface area contributed by atoms with E-state index < -0.39 is 16.8 Å². The Morgan fingerprint density at radius 2 is 1.86 bits per heavy atom. The Labute approximate surface area is 125 Å². The second-order valence-electron chi connectivity index (χ2n) is 6.39. The average molecular weight is 302 g/mol. The molecule has 0 spiro atoms. The lowest BCUT2D eigenvalue weighted by molar-refractivity contribution is -0.164. The molecule has 6 nitrogen and oxygen atoms in total. The summed E-state index contributed by atoms with van der Waals surface area (Å²) in [5.41, 5.74) is -1.58. The van der Waals surface area contributed by atoms with E-state index >= 15 is 0 Å². The molecule has 1 rings (SSSR count). The summed E-state index contributed by atoms with van der Waals surface area (Å²) < 4.78 is 15.2. The van der Waals surface area contributed by atoms with Gasteiger partial charge in [-0.2, -0.15) is 0 Å². The third kappa shape index (κ3) is 5.28. The highest BCUT2D eigenvalue weighted by Gasteiger charge is 2.43. The molecule has 0 aliphatic carbocycles. The molecule has 1 heterocycles. The van der Waals surface area contributed by atoms with Crippen molar-refractivity contribution in [2.45, 2.75) is 46.6 Å². The maximum absolute atomic E-state index is 12.2. The maximum atomic E-state index is 12.2. The van der Waals surface area contributed by atoms with Gasteiger partial charge in [0.1, 0.15) is 19.3 Å². The van der Waals surface area contributed by atoms with Crippen LogP contribution >= 0.6 is 0 Å². The molecule has 2 atom stereocenters. The van der Waals surface area contributed by atoms with Gasteiger partial charge in [-0.15, -0.1) is 0 Å². The molecule has 0 bridgehead atoms. The van der Waals surface area contributed by atoms with E-state index in [1.807, 2.05) is 6.92 Å². The molecule has 1 saturated heterocycles. The minimum atomic E-state index is -0.794. The van der Waals surface area contributed by atoms with Crippen molar-refractivity contribution >= 4 is 11.9 Å². The number of aliphatic hydroxyl groups excluding tert-OH is 1. The van der Waals surface area contributed by atoms with Crippen molar-refractivity contribution in [2.24, 2.45) is 10.8 Å². The van der Waals surface area contributed by atoms with E-state index in [0.717, 1.165) is 0 Å². The van der Waals surface area contributed by atoms with Crippen molar-refractivity contribution in [1.29, 1.82) is 0 Å². The van der Waals surface area contributed by atoms with Gasteiger partial charge in [0.2, 0.25) is 0 Å². The first-order valence-corrected chi connectivity index (χ1v) is 7.32. The van der Waals surface area contributed by atoms with E-state index in [9.17, 15) is 9.59 Å². The third-order valence-electron chi connectivity index (χ3n) is 3.78. The zero-order chi connectivity index (χ0) is 16.1. The molecule has 0 saturated carbocycles. The van der Waals surface area contributed by atoms with Gasteiger partial charge in [-0.1, -0.05) is 6.92 Å². The number of carbonyl (C=O) groups excluding carboxylic acids is 2. The number of ether oxygens (including phenoxy) is 3. The van der Waals surface area contributed by atoms with E-state index in [-0.39, 0.29) is 31.9 Å². The molecule has 0 aromatic heterocycles. The third-order valence-corrected chi connectivity index (χ3v) is 3.78. The van der Waals surface area contributed by atoms with Crippen LogP contribution in [-0.4, -0.2) is 49.6 Å². The largest absolute Gasteiger partial charge is 0.463 e. The van der Waals surface area contributed by atoms with E-state index in [2.05, 4.69) is 0 Å². The van der Waals surface area contributed by atoms with Crippen LogP contribution < -0.4 is 0 Å². The van der Waals surface area contributed by atoms with Crippen molar-refractivity contribution < 1.29 is 28.9 Å². The van der Waals surface area contributed by atoms with Crippen LogP contribution in [0.25, 0.3) is 0 Å². The van der Waals surface area contributed by atoms with Gasteiger partial charge in [0.25, 0.3) is 0 Å². The van der Waals surface area contributed by atoms with Crippen molar-refractivity contribution in [3.63, 3.8) is 0 Å². The monoisotopic (exact) mass is 302 g/mol. The zero-order valence-corrected chi connectivity index (χ0v) is 13.3. The topological polar surface area (TPSA) is 85.4 Å². The predicted molar refractivity (Wildman–Crippen MR) is 75.5 cm³/mol. The van der Waals surface area contributed by atoms with Gasteiger partial charge in [0, 0.05) is 0 Å². The van der Waals surface area contributed by atoms with E-state index in [1.54, 1.807) is 20.8 Å². The molecule has 1 aliphatic heterocycles. The van der Waals surface area contributed by atoms with Crippen LogP contribution in [-0.2, 0) is 23.8 Å². The summed E-state index contributed by atoms with van der Waals surface area (Å²) >= 11 is 0. The Bertz CT molecular complexity index is 374. The Hall–Kier alpha value is -1.14. The molecule has 122 valence electrons. The number of carbonyl (C=O) groups is 2. The molecule has 6 heteroatoms. The SMILES string of the molecule is CCC(C)(CC(C)(C)C(=O)OCC1CO1)C(=O)OCCO. The van der Waals surface area contributed by atoms with Gasteiger partial charge in [-0.05, 0) is 33.6 Å². The van der Waals surface area contributed by atoms with Gasteiger partial charge in [-0.25, -0.2) is 0 Å². The van der Waals surface area contributed by atoms with Crippen molar-refractivity contribution in [3.8, 4) is 0 Å². The Kier molecular flexibility index (Phi) is 6.16. The smallest absolute Gasteiger partial charge is 0.311 e. The highest BCUT2D eigenvalue weighted by Crippen LogP contribution is 2.38. The van der Waals surface area contributed by atoms with Crippen molar-refractivity contribution in [3.05, 3.63) is 0 Å². The summed E-state index contributed by atoms with van der Waals surface area (Å²) in [7, 11) is 0. The molecule has 1 N–H and O–H groups in total. The van der Waals surface area contributed by atoms with E-state index in [4.69, 9.17) is 19.3 Å². The molecule has 0 aromatic rings. The van der Waals surface area contributed by atoms with Gasteiger partial charge < -0.3 is 19.3 Å². The molecule has 0 aromatic carbocycles. The average Bonchev–Trinajstić information content (AvgIpc) is 3.25. The fourth-order valence-electron chi connectivity index (χ4n) is 2.23. The highest BCUT2D eigenvalue weighted by molar-refractivity contribution is 5.80. The Morgan fingerprint density at radius 3 is 2.33 bits per heavy atom. The van der Waals surface area contributed by atoms with Crippen LogP contribution in [0, 0.1) is 10.8 Å². The van der Waals surface area contributed by atoms with Crippen LogP contribution in [0.3, 0.4) is 0 Å². The summed E-state index contributed by atoms with van der Waals surface area (Å²) in [5.74, 6) is -0.738. The summed E-state index contributed by atoms with van der Waals surface area (Å²) in [6, 6.07) is 0. The number of rotatable bonds is 9.